The van der Waals surface area contributed by atoms with E-state index in [1.54, 1.807) is 6.07 Å². The molecule has 1 heterocycles. The van der Waals surface area contributed by atoms with Crippen molar-refractivity contribution in [3.8, 4) is 0 Å². The summed E-state index contributed by atoms with van der Waals surface area (Å²) in [6.45, 7) is 3.74. The Morgan fingerprint density at radius 2 is 2.29 bits per heavy atom. The molecule has 0 aliphatic heterocycles. The van der Waals surface area contributed by atoms with E-state index in [1.165, 1.54) is 0 Å². The maximum Gasteiger partial charge on any atom is 0.228 e. The molecule has 2 rings (SSSR count). The summed E-state index contributed by atoms with van der Waals surface area (Å²) in [5, 5.41) is 2.76. The van der Waals surface area contributed by atoms with Crippen LogP contribution in [0.4, 0.5) is 5.82 Å². The second-order valence-corrected chi connectivity index (χ2v) is 4.24. The van der Waals surface area contributed by atoms with E-state index in [-0.39, 0.29) is 11.8 Å². The number of aromatic nitrogens is 1. The Morgan fingerprint density at radius 3 is 2.86 bits per heavy atom. The van der Waals surface area contributed by atoms with Crippen molar-refractivity contribution < 1.29 is 4.79 Å². The van der Waals surface area contributed by atoms with Crippen LogP contribution in [-0.4, -0.2) is 10.9 Å². The number of pyridine rings is 1. The van der Waals surface area contributed by atoms with E-state index >= 15 is 0 Å². The Labute approximate surface area is 91.0 Å². The topological polar surface area (TPSA) is 42.0 Å². The zero-order chi connectivity index (χ0) is 10.1. The Balaban J connectivity index is 2.08. The van der Waals surface area contributed by atoms with Crippen LogP contribution in [0.1, 0.15) is 18.5 Å². The van der Waals surface area contributed by atoms with Crippen LogP contribution in [0.5, 0.6) is 0 Å². The molecule has 1 aromatic rings. The van der Waals surface area contributed by atoms with Gasteiger partial charge in [0, 0.05) is 10.4 Å². The van der Waals surface area contributed by atoms with Crippen molar-refractivity contribution >= 4 is 27.7 Å². The molecular weight excluding hydrogens is 244 g/mol. The molecule has 1 radical (unpaired) electrons. The van der Waals surface area contributed by atoms with E-state index in [0.29, 0.717) is 11.5 Å². The average molecular weight is 254 g/mol. The molecule has 0 unspecified atom stereocenters. The number of hydrogen-bond acceptors (Lipinski definition) is 2. The van der Waals surface area contributed by atoms with Crippen LogP contribution in [0.3, 0.4) is 0 Å². The van der Waals surface area contributed by atoms with Crippen molar-refractivity contribution in [2.24, 2.45) is 5.92 Å². The first-order valence-electron chi connectivity index (χ1n) is 4.46. The molecule has 1 amide bonds. The quantitative estimate of drug-likeness (QED) is 0.880. The van der Waals surface area contributed by atoms with Gasteiger partial charge in [0.05, 0.1) is 5.69 Å². The third-order valence-electron chi connectivity index (χ3n) is 2.12. The van der Waals surface area contributed by atoms with Gasteiger partial charge in [-0.25, -0.2) is 4.98 Å². The fraction of sp³-hybridized carbons (Fsp3) is 0.300. The molecule has 4 heteroatoms. The number of halogens is 1. The smallest absolute Gasteiger partial charge is 0.228 e. The van der Waals surface area contributed by atoms with Gasteiger partial charge in [0.25, 0.3) is 0 Å². The van der Waals surface area contributed by atoms with Gasteiger partial charge in [-0.15, -0.1) is 0 Å². The Morgan fingerprint density at radius 1 is 1.57 bits per heavy atom. The molecule has 3 nitrogen and oxygen atoms in total. The number of hydrogen-bond donors (Lipinski definition) is 1. The van der Waals surface area contributed by atoms with E-state index in [0.717, 1.165) is 17.3 Å². The molecule has 0 saturated heterocycles. The van der Waals surface area contributed by atoms with Crippen LogP contribution in [0, 0.1) is 12.8 Å². The lowest BCUT2D eigenvalue weighted by Gasteiger charge is -2.04. The summed E-state index contributed by atoms with van der Waals surface area (Å²) in [5.74, 6) is 0.850. The van der Waals surface area contributed by atoms with Crippen molar-refractivity contribution in [1.29, 1.82) is 0 Å². The van der Waals surface area contributed by atoms with Crippen LogP contribution in [0.2, 0.25) is 0 Å². The molecule has 0 atom stereocenters. The fourth-order valence-electron chi connectivity index (χ4n) is 1.13. The van der Waals surface area contributed by atoms with E-state index in [4.69, 9.17) is 0 Å². The zero-order valence-corrected chi connectivity index (χ0v) is 9.17. The minimum atomic E-state index is 0.0687. The average Bonchev–Trinajstić information content (AvgIpc) is 2.94. The van der Waals surface area contributed by atoms with Crippen LogP contribution >= 0.6 is 15.9 Å². The minimum absolute atomic E-state index is 0.0687. The first kappa shape index (κ1) is 9.65. The number of carbonyl (C=O) groups excluding carboxylic acids is 1. The van der Waals surface area contributed by atoms with E-state index in [2.05, 4.69) is 33.2 Å². The van der Waals surface area contributed by atoms with Gasteiger partial charge in [-0.2, -0.15) is 0 Å². The zero-order valence-electron chi connectivity index (χ0n) is 7.59. The van der Waals surface area contributed by atoms with Crippen molar-refractivity contribution in [1.82, 2.24) is 4.98 Å². The lowest BCUT2D eigenvalue weighted by molar-refractivity contribution is -0.117. The molecule has 1 aliphatic rings. The highest BCUT2D eigenvalue weighted by atomic mass is 79.9. The number of anilines is 1. The van der Waals surface area contributed by atoms with Crippen LogP contribution < -0.4 is 5.32 Å². The van der Waals surface area contributed by atoms with Crippen LogP contribution in [0.25, 0.3) is 0 Å². The van der Waals surface area contributed by atoms with Crippen molar-refractivity contribution in [2.45, 2.75) is 12.8 Å². The maximum atomic E-state index is 11.4. The van der Waals surface area contributed by atoms with Crippen molar-refractivity contribution in [3.05, 3.63) is 29.2 Å². The molecule has 1 aliphatic carbocycles. The Hall–Kier alpha value is -0.900. The maximum absolute atomic E-state index is 11.4. The van der Waals surface area contributed by atoms with Gasteiger partial charge in [0.1, 0.15) is 5.82 Å². The van der Waals surface area contributed by atoms with E-state index in [1.807, 2.05) is 6.07 Å². The first-order valence-corrected chi connectivity index (χ1v) is 5.25. The van der Waals surface area contributed by atoms with Crippen molar-refractivity contribution in [3.63, 3.8) is 0 Å². The Bertz CT molecular complexity index is 374. The third kappa shape index (κ3) is 2.12. The van der Waals surface area contributed by atoms with Crippen LogP contribution in [0.15, 0.2) is 16.6 Å². The molecular formula is C10H10BrN2O. The molecule has 1 N–H and O–H groups in total. The van der Waals surface area contributed by atoms with Gasteiger partial charge in [0.2, 0.25) is 5.91 Å². The summed E-state index contributed by atoms with van der Waals surface area (Å²) in [6.07, 6.45) is 2.00. The molecule has 1 fully saturated rings. The predicted molar refractivity (Wildman–Crippen MR) is 57.7 cm³/mol. The normalized spacial score (nSPS) is 15.3. The highest BCUT2D eigenvalue weighted by molar-refractivity contribution is 9.10. The molecule has 14 heavy (non-hydrogen) atoms. The molecule has 73 valence electrons. The number of carbonyl (C=O) groups is 1. The fourth-order valence-corrected chi connectivity index (χ4v) is 1.35. The number of amides is 1. The lowest BCUT2D eigenvalue weighted by Crippen LogP contribution is -2.14. The first-order chi connectivity index (χ1) is 6.66. The molecule has 1 saturated carbocycles. The molecule has 0 bridgehead atoms. The van der Waals surface area contributed by atoms with Gasteiger partial charge in [-0.05, 0) is 47.8 Å². The summed E-state index contributed by atoms with van der Waals surface area (Å²) in [5.41, 5.74) is 0.638. The summed E-state index contributed by atoms with van der Waals surface area (Å²) in [6, 6.07) is 3.59. The van der Waals surface area contributed by atoms with Crippen molar-refractivity contribution in [2.75, 3.05) is 5.32 Å². The lowest BCUT2D eigenvalue weighted by atomic mass is 10.3. The number of nitrogens with zero attached hydrogens (tertiary/aromatic N) is 1. The monoisotopic (exact) mass is 253 g/mol. The predicted octanol–water partition coefficient (Wildman–Crippen LogP) is 2.37. The molecule has 0 spiro atoms. The molecule has 0 aromatic carbocycles. The minimum Gasteiger partial charge on any atom is -0.310 e. The second-order valence-electron chi connectivity index (χ2n) is 3.39. The Kier molecular flexibility index (Phi) is 2.54. The van der Waals surface area contributed by atoms with Gasteiger partial charge in [-0.1, -0.05) is 0 Å². The SMILES string of the molecule is [CH2]c1nc(NC(=O)C2CC2)ccc1Br. The van der Waals surface area contributed by atoms with Gasteiger partial charge in [-0.3, -0.25) is 4.79 Å². The largest absolute Gasteiger partial charge is 0.310 e. The number of nitrogens with one attached hydrogen (secondary N) is 1. The summed E-state index contributed by atoms with van der Waals surface area (Å²) in [4.78, 5) is 15.5. The van der Waals surface area contributed by atoms with E-state index in [9.17, 15) is 4.79 Å². The second kappa shape index (κ2) is 3.69. The van der Waals surface area contributed by atoms with Gasteiger partial charge in [0.15, 0.2) is 0 Å². The molecule has 1 aromatic heterocycles. The summed E-state index contributed by atoms with van der Waals surface area (Å²) in [7, 11) is 0. The van der Waals surface area contributed by atoms with Gasteiger partial charge >= 0.3 is 0 Å². The highest BCUT2D eigenvalue weighted by Gasteiger charge is 2.29. The van der Waals surface area contributed by atoms with Crippen LogP contribution in [-0.2, 0) is 4.79 Å². The summed E-state index contributed by atoms with van der Waals surface area (Å²) >= 11 is 3.30. The van der Waals surface area contributed by atoms with Gasteiger partial charge < -0.3 is 5.32 Å². The highest BCUT2D eigenvalue weighted by Crippen LogP contribution is 2.30. The summed E-state index contributed by atoms with van der Waals surface area (Å²) < 4.78 is 0.849. The van der Waals surface area contributed by atoms with E-state index < -0.39 is 0 Å². The number of rotatable bonds is 2. The standard InChI is InChI=1S/C10H10BrN2O/c1-6-8(11)4-5-9(12-6)13-10(14)7-2-3-7/h4-5,7H,1-3H2,(H,12,13,14). The third-order valence-corrected chi connectivity index (χ3v) is 2.84.